The van der Waals surface area contributed by atoms with E-state index in [1.54, 1.807) is 18.4 Å². The van der Waals surface area contributed by atoms with Gasteiger partial charge in [-0.1, -0.05) is 25.1 Å². The van der Waals surface area contributed by atoms with Crippen LogP contribution in [0, 0.1) is 0 Å². The Morgan fingerprint density at radius 3 is 2.78 bits per heavy atom. The van der Waals surface area contributed by atoms with E-state index >= 15 is 0 Å². The Morgan fingerprint density at radius 2 is 2.09 bits per heavy atom. The lowest BCUT2D eigenvalue weighted by atomic mass is 10.2. The van der Waals surface area contributed by atoms with Crippen LogP contribution < -0.4 is 15.4 Å². The molecule has 2 N–H and O–H groups in total. The first kappa shape index (κ1) is 17.3. The second-order valence-electron chi connectivity index (χ2n) is 4.93. The van der Waals surface area contributed by atoms with Crippen LogP contribution in [0.3, 0.4) is 0 Å². The summed E-state index contributed by atoms with van der Waals surface area (Å²) in [5.74, 6) is 1.64. The van der Waals surface area contributed by atoms with Gasteiger partial charge < -0.3 is 15.4 Å². The number of para-hydroxylation sites is 1. The molecule has 0 saturated heterocycles. The number of nitrogens with zero attached hydrogens (tertiary/aromatic N) is 2. The van der Waals surface area contributed by atoms with Crippen molar-refractivity contribution in [2.45, 2.75) is 33.4 Å². The van der Waals surface area contributed by atoms with Crippen molar-refractivity contribution < 1.29 is 4.74 Å². The third-order valence-electron chi connectivity index (χ3n) is 3.30. The van der Waals surface area contributed by atoms with Gasteiger partial charge in [-0.25, -0.2) is 9.98 Å². The summed E-state index contributed by atoms with van der Waals surface area (Å²) in [6.45, 7) is 6.26. The van der Waals surface area contributed by atoms with E-state index < -0.39 is 0 Å². The molecule has 0 bridgehead atoms. The number of hydrogen-bond acceptors (Lipinski definition) is 4. The van der Waals surface area contributed by atoms with E-state index in [0.717, 1.165) is 35.2 Å². The Hall–Kier alpha value is -2.08. The lowest BCUT2D eigenvalue weighted by Gasteiger charge is -2.11. The number of guanidine groups is 1. The van der Waals surface area contributed by atoms with Gasteiger partial charge >= 0.3 is 0 Å². The minimum absolute atomic E-state index is 0.567. The van der Waals surface area contributed by atoms with E-state index in [9.17, 15) is 0 Å². The van der Waals surface area contributed by atoms with E-state index in [0.29, 0.717) is 13.1 Å². The topological polar surface area (TPSA) is 58.5 Å². The zero-order valence-electron chi connectivity index (χ0n) is 13.9. The molecular weight excluding hydrogens is 308 g/mol. The van der Waals surface area contributed by atoms with Gasteiger partial charge in [0.25, 0.3) is 0 Å². The lowest BCUT2D eigenvalue weighted by molar-refractivity contribution is 0.410. The van der Waals surface area contributed by atoms with E-state index in [1.807, 2.05) is 30.5 Å². The average Bonchev–Trinajstić information content (AvgIpc) is 3.05. The minimum atomic E-state index is 0.567. The standard InChI is InChI=1S/C17H24N4OS/c1-4-14-11-19-16(23-14)12-21-17(18-5-2)20-10-13-8-6-7-9-15(13)22-3/h6-9,11H,4-5,10,12H2,1-3H3,(H2,18,20,21). The SMILES string of the molecule is CCNC(=NCc1ccccc1OC)NCc1ncc(CC)s1. The molecule has 0 radical (unpaired) electrons. The van der Waals surface area contributed by atoms with Crippen molar-refractivity contribution in [3.63, 3.8) is 0 Å². The van der Waals surface area contributed by atoms with Crippen molar-refractivity contribution in [1.82, 2.24) is 15.6 Å². The summed E-state index contributed by atoms with van der Waals surface area (Å²) in [4.78, 5) is 10.3. The van der Waals surface area contributed by atoms with Crippen LogP contribution in [0.1, 0.15) is 29.3 Å². The third-order valence-corrected chi connectivity index (χ3v) is 4.44. The number of aryl methyl sites for hydroxylation is 1. The number of nitrogens with one attached hydrogen (secondary N) is 2. The van der Waals surface area contributed by atoms with Crippen LogP contribution in [0.5, 0.6) is 5.75 Å². The van der Waals surface area contributed by atoms with Crippen molar-refractivity contribution in [1.29, 1.82) is 0 Å². The normalized spacial score (nSPS) is 11.3. The number of methoxy groups -OCH3 is 1. The zero-order chi connectivity index (χ0) is 16.5. The molecule has 6 heteroatoms. The van der Waals surface area contributed by atoms with Crippen molar-refractivity contribution in [3.8, 4) is 5.75 Å². The molecule has 5 nitrogen and oxygen atoms in total. The summed E-state index contributed by atoms with van der Waals surface area (Å²) in [6.07, 6.45) is 2.97. The maximum Gasteiger partial charge on any atom is 0.191 e. The second kappa shape index (κ2) is 9.15. The third kappa shape index (κ3) is 5.25. The molecule has 0 aliphatic heterocycles. The van der Waals surface area contributed by atoms with Crippen LogP contribution in [0.4, 0.5) is 0 Å². The van der Waals surface area contributed by atoms with Gasteiger partial charge in [0, 0.05) is 23.2 Å². The molecule has 124 valence electrons. The summed E-state index contributed by atoms with van der Waals surface area (Å²) in [5.41, 5.74) is 1.06. The number of hydrogen-bond donors (Lipinski definition) is 2. The van der Waals surface area contributed by atoms with Crippen LogP contribution in [0.25, 0.3) is 0 Å². The average molecular weight is 332 g/mol. The Labute approximate surface area is 141 Å². The monoisotopic (exact) mass is 332 g/mol. The highest BCUT2D eigenvalue weighted by molar-refractivity contribution is 7.11. The molecule has 1 aromatic heterocycles. The molecule has 1 heterocycles. The fourth-order valence-corrected chi connectivity index (χ4v) is 2.89. The van der Waals surface area contributed by atoms with E-state index in [4.69, 9.17) is 4.74 Å². The van der Waals surface area contributed by atoms with Gasteiger partial charge in [-0.05, 0) is 19.4 Å². The van der Waals surface area contributed by atoms with Crippen molar-refractivity contribution >= 4 is 17.3 Å². The molecule has 1 aromatic carbocycles. The lowest BCUT2D eigenvalue weighted by Crippen LogP contribution is -2.36. The molecule has 2 aromatic rings. The number of ether oxygens (including phenoxy) is 1. The summed E-state index contributed by atoms with van der Waals surface area (Å²) in [6, 6.07) is 7.94. The maximum atomic E-state index is 5.36. The number of aliphatic imine (C=N–C) groups is 1. The van der Waals surface area contributed by atoms with Crippen LogP contribution in [-0.2, 0) is 19.5 Å². The number of benzene rings is 1. The number of aromatic nitrogens is 1. The Morgan fingerprint density at radius 1 is 1.26 bits per heavy atom. The van der Waals surface area contributed by atoms with Crippen molar-refractivity contribution in [2.24, 2.45) is 4.99 Å². The van der Waals surface area contributed by atoms with Crippen molar-refractivity contribution in [2.75, 3.05) is 13.7 Å². The molecule has 0 spiro atoms. The van der Waals surface area contributed by atoms with Gasteiger partial charge in [0.05, 0.1) is 20.2 Å². The smallest absolute Gasteiger partial charge is 0.191 e. The maximum absolute atomic E-state index is 5.36. The van der Waals surface area contributed by atoms with Gasteiger partial charge in [-0.15, -0.1) is 11.3 Å². The van der Waals surface area contributed by atoms with Crippen LogP contribution >= 0.6 is 11.3 Å². The first-order valence-corrected chi connectivity index (χ1v) is 8.66. The van der Waals surface area contributed by atoms with E-state index in [1.165, 1.54) is 4.88 Å². The summed E-state index contributed by atoms with van der Waals surface area (Å²) >= 11 is 1.74. The molecule has 0 atom stereocenters. The highest BCUT2D eigenvalue weighted by Gasteiger charge is 2.04. The Kier molecular flexibility index (Phi) is 6.87. The van der Waals surface area contributed by atoms with Gasteiger partial charge in [0.15, 0.2) is 5.96 Å². The Bertz CT molecular complexity index is 639. The quantitative estimate of drug-likeness (QED) is 0.604. The largest absolute Gasteiger partial charge is 0.496 e. The molecule has 2 rings (SSSR count). The highest BCUT2D eigenvalue weighted by atomic mass is 32.1. The molecule has 0 aliphatic carbocycles. The van der Waals surface area contributed by atoms with Gasteiger partial charge in [-0.3, -0.25) is 0 Å². The van der Waals surface area contributed by atoms with Gasteiger partial charge in [0.1, 0.15) is 10.8 Å². The predicted molar refractivity (Wildman–Crippen MR) is 96.1 cm³/mol. The van der Waals surface area contributed by atoms with Crippen molar-refractivity contribution in [3.05, 3.63) is 45.9 Å². The molecule has 0 amide bonds. The van der Waals surface area contributed by atoms with Crippen LogP contribution in [-0.4, -0.2) is 24.6 Å². The second-order valence-corrected chi connectivity index (χ2v) is 6.13. The fourth-order valence-electron chi connectivity index (χ4n) is 2.09. The van der Waals surface area contributed by atoms with Crippen LogP contribution in [0.2, 0.25) is 0 Å². The molecule has 0 saturated carbocycles. The van der Waals surface area contributed by atoms with E-state index in [2.05, 4.69) is 34.5 Å². The zero-order valence-corrected chi connectivity index (χ0v) is 14.7. The molecule has 23 heavy (non-hydrogen) atoms. The fraction of sp³-hybridized carbons (Fsp3) is 0.412. The summed E-state index contributed by atoms with van der Waals surface area (Å²) in [7, 11) is 1.68. The molecule has 0 aliphatic rings. The first-order chi connectivity index (χ1) is 11.3. The van der Waals surface area contributed by atoms with Gasteiger partial charge in [0.2, 0.25) is 0 Å². The highest BCUT2D eigenvalue weighted by Crippen LogP contribution is 2.18. The molecular formula is C17H24N4OS. The number of thiazole rings is 1. The number of rotatable bonds is 7. The molecule has 0 fully saturated rings. The first-order valence-electron chi connectivity index (χ1n) is 7.84. The molecule has 0 unspecified atom stereocenters. The summed E-state index contributed by atoms with van der Waals surface area (Å²) in [5, 5.41) is 7.66. The summed E-state index contributed by atoms with van der Waals surface area (Å²) < 4.78 is 5.36. The minimum Gasteiger partial charge on any atom is -0.496 e. The van der Waals surface area contributed by atoms with Crippen LogP contribution in [0.15, 0.2) is 35.5 Å². The van der Waals surface area contributed by atoms with E-state index in [-0.39, 0.29) is 0 Å². The predicted octanol–water partition coefficient (Wildman–Crippen LogP) is 2.97. The Balaban J connectivity index is 1.99. The van der Waals surface area contributed by atoms with Gasteiger partial charge in [-0.2, -0.15) is 0 Å².